The number of hydrogen-bond donors (Lipinski definition) is 0. The van der Waals surface area contributed by atoms with Crippen molar-refractivity contribution in [1.82, 2.24) is 0 Å². The number of ether oxygens (including phenoxy) is 2. The first kappa shape index (κ1) is 14.8. The molecule has 1 rings (SSSR count). The van der Waals surface area contributed by atoms with Crippen molar-refractivity contribution in [3.63, 3.8) is 0 Å². The highest BCUT2D eigenvalue weighted by molar-refractivity contribution is 6.40. The van der Waals surface area contributed by atoms with E-state index < -0.39 is 11.8 Å². The van der Waals surface area contributed by atoms with E-state index in [0.717, 1.165) is 0 Å². The standard InChI is InChI=1S/C12H12Cl2O4/c1-3-18-11(16)6-10(15)12-8(13)4-7(17-2)5-9(12)14/h4-5H,3,6H2,1-2H3. The van der Waals surface area contributed by atoms with Crippen LogP contribution in [0.3, 0.4) is 0 Å². The summed E-state index contributed by atoms with van der Waals surface area (Å²) in [7, 11) is 1.46. The van der Waals surface area contributed by atoms with Crippen LogP contribution in [0.15, 0.2) is 12.1 Å². The number of methoxy groups -OCH3 is 1. The van der Waals surface area contributed by atoms with Crippen molar-refractivity contribution >= 4 is 35.0 Å². The van der Waals surface area contributed by atoms with E-state index >= 15 is 0 Å². The Hall–Kier alpha value is -1.26. The lowest BCUT2D eigenvalue weighted by Gasteiger charge is -2.08. The zero-order valence-corrected chi connectivity index (χ0v) is 11.5. The third kappa shape index (κ3) is 3.62. The van der Waals surface area contributed by atoms with E-state index in [4.69, 9.17) is 27.9 Å². The van der Waals surface area contributed by atoms with Gasteiger partial charge in [-0.2, -0.15) is 0 Å². The van der Waals surface area contributed by atoms with Gasteiger partial charge in [-0.3, -0.25) is 9.59 Å². The molecule has 0 atom stereocenters. The lowest BCUT2D eigenvalue weighted by Crippen LogP contribution is -2.12. The molecule has 0 aliphatic heterocycles. The Bertz CT molecular complexity index is 448. The molecule has 0 saturated carbocycles. The number of benzene rings is 1. The van der Waals surface area contributed by atoms with Crippen LogP contribution in [0.1, 0.15) is 23.7 Å². The lowest BCUT2D eigenvalue weighted by molar-refractivity contribution is -0.141. The van der Waals surface area contributed by atoms with E-state index in [9.17, 15) is 9.59 Å². The highest BCUT2D eigenvalue weighted by Gasteiger charge is 2.19. The summed E-state index contributed by atoms with van der Waals surface area (Å²) in [5.41, 5.74) is 0.104. The topological polar surface area (TPSA) is 52.6 Å². The van der Waals surface area contributed by atoms with Gasteiger partial charge in [0.05, 0.1) is 29.3 Å². The highest BCUT2D eigenvalue weighted by Crippen LogP contribution is 2.31. The molecule has 1 aromatic rings. The van der Waals surface area contributed by atoms with E-state index in [1.165, 1.54) is 19.2 Å². The number of ketones is 1. The maximum Gasteiger partial charge on any atom is 0.313 e. The molecule has 0 unspecified atom stereocenters. The molecule has 98 valence electrons. The van der Waals surface area contributed by atoms with Crippen molar-refractivity contribution in [3.8, 4) is 5.75 Å². The Morgan fingerprint density at radius 3 is 2.22 bits per heavy atom. The zero-order valence-electron chi connectivity index (χ0n) is 9.96. The molecular weight excluding hydrogens is 279 g/mol. The van der Waals surface area contributed by atoms with Gasteiger partial charge in [-0.25, -0.2) is 0 Å². The molecule has 0 fully saturated rings. The van der Waals surface area contributed by atoms with Crippen molar-refractivity contribution in [2.75, 3.05) is 13.7 Å². The quantitative estimate of drug-likeness (QED) is 0.475. The summed E-state index contributed by atoms with van der Waals surface area (Å²) < 4.78 is 9.65. The minimum Gasteiger partial charge on any atom is -0.497 e. The molecule has 0 heterocycles. The summed E-state index contributed by atoms with van der Waals surface area (Å²) in [6.07, 6.45) is -0.389. The molecule has 0 amide bonds. The van der Waals surface area contributed by atoms with Gasteiger partial charge in [-0.05, 0) is 19.1 Å². The molecule has 0 aliphatic rings. The third-order valence-corrected chi connectivity index (χ3v) is 2.74. The number of esters is 1. The number of carbonyl (C=O) groups is 2. The summed E-state index contributed by atoms with van der Waals surface area (Å²) in [6.45, 7) is 1.88. The van der Waals surface area contributed by atoms with Crippen molar-refractivity contribution in [2.45, 2.75) is 13.3 Å². The normalized spacial score (nSPS) is 10.0. The van der Waals surface area contributed by atoms with Gasteiger partial charge in [0.2, 0.25) is 0 Å². The van der Waals surface area contributed by atoms with Crippen LogP contribution in [0.2, 0.25) is 10.0 Å². The van der Waals surface area contributed by atoms with Crippen molar-refractivity contribution in [1.29, 1.82) is 0 Å². The monoisotopic (exact) mass is 290 g/mol. The van der Waals surface area contributed by atoms with Gasteiger partial charge in [0, 0.05) is 0 Å². The maximum absolute atomic E-state index is 11.9. The van der Waals surface area contributed by atoms with E-state index in [1.54, 1.807) is 6.92 Å². The first-order valence-corrected chi connectivity index (χ1v) is 5.97. The minimum atomic E-state index is -0.606. The van der Waals surface area contributed by atoms with Crippen LogP contribution in [0.25, 0.3) is 0 Å². The van der Waals surface area contributed by atoms with Crippen molar-refractivity contribution in [2.24, 2.45) is 0 Å². The number of hydrogen-bond acceptors (Lipinski definition) is 4. The van der Waals surface area contributed by atoms with Gasteiger partial charge in [0.15, 0.2) is 5.78 Å². The molecule has 0 aliphatic carbocycles. The first-order chi connectivity index (χ1) is 8.49. The van der Waals surface area contributed by atoms with E-state index in [2.05, 4.69) is 4.74 Å². The van der Waals surface area contributed by atoms with Crippen LogP contribution in [-0.4, -0.2) is 25.5 Å². The number of rotatable bonds is 5. The molecule has 0 bridgehead atoms. The second-order valence-corrected chi connectivity index (χ2v) is 4.19. The second-order valence-electron chi connectivity index (χ2n) is 3.37. The molecule has 0 saturated heterocycles. The van der Waals surface area contributed by atoms with Gasteiger partial charge in [-0.15, -0.1) is 0 Å². The fourth-order valence-electron chi connectivity index (χ4n) is 1.37. The summed E-state index contributed by atoms with van der Waals surface area (Å²) in [5.74, 6) is -0.644. The second kappa shape index (κ2) is 6.61. The fraction of sp³-hybridized carbons (Fsp3) is 0.333. The Balaban J connectivity index is 2.96. The average Bonchev–Trinajstić information content (AvgIpc) is 2.27. The largest absolute Gasteiger partial charge is 0.497 e. The zero-order chi connectivity index (χ0) is 13.7. The molecule has 18 heavy (non-hydrogen) atoms. The summed E-state index contributed by atoms with van der Waals surface area (Å²) in [6, 6.07) is 2.93. The fourth-order valence-corrected chi connectivity index (χ4v) is 2.04. The maximum atomic E-state index is 11.9. The van der Waals surface area contributed by atoms with E-state index in [-0.39, 0.29) is 28.6 Å². The molecule has 1 aromatic carbocycles. The summed E-state index contributed by atoms with van der Waals surface area (Å²) in [4.78, 5) is 23.1. The first-order valence-electron chi connectivity index (χ1n) is 5.21. The Morgan fingerprint density at radius 2 is 1.78 bits per heavy atom. The van der Waals surface area contributed by atoms with Gasteiger partial charge < -0.3 is 9.47 Å². The third-order valence-electron chi connectivity index (χ3n) is 2.14. The van der Waals surface area contributed by atoms with Gasteiger partial charge in [0.25, 0.3) is 0 Å². The van der Waals surface area contributed by atoms with Crippen LogP contribution < -0.4 is 4.74 Å². The van der Waals surface area contributed by atoms with E-state index in [1.807, 2.05) is 0 Å². The average molecular weight is 291 g/mol. The van der Waals surface area contributed by atoms with Crippen molar-refractivity contribution in [3.05, 3.63) is 27.7 Å². The number of Topliss-reactive ketones (excluding diaryl/α,β-unsaturated/α-hetero) is 1. The van der Waals surface area contributed by atoms with Crippen LogP contribution in [0, 0.1) is 0 Å². The van der Waals surface area contributed by atoms with Crippen LogP contribution in [0.4, 0.5) is 0 Å². The predicted octanol–water partition coefficient (Wildman–Crippen LogP) is 3.14. The van der Waals surface area contributed by atoms with Crippen LogP contribution >= 0.6 is 23.2 Å². The Labute approximate surface area is 115 Å². The molecule has 0 radical (unpaired) electrons. The number of halogens is 2. The summed E-state index contributed by atoms with van der Waals surface area (Å²) >= 11 is 11.9. The van der Waals surface area contributed by atoms with Gasteiger partial charge in [-0.1, -0.05) is 23.2 Å². The molecule has 6 heteroatoms. The van der Waals surface area contributed by atoms with Gasteiger partial charge >= 0.3 is 5.97 Å². The summed E-state index contributed by atoms with van der Waals surface area (Å²) in [5, 5.41) is 0.294. The molecule has 0 aromatic heterocycles. The van der Waals surface area contributed by atoms with Crippen LogP contribution in [-0.2, 0) is 9.53 Å². The number of carbonyl (C=O) groups excluding carboxylic acids is 2. The smallest absolute Gasteiger partial charge is 0.313 e. The molecular formula is C12H12Cl2O4. The van der Waals surface area contributed by atoms with Crippen LogP contribution in [0.5, 0.6) is 5.75 Å². The molecule has 0 N–H and O–H groups in total. The minimum absolute atomic E-state index is 0.104. The van der Waals surface area contributed by atoms with Crippen molar-refractivity contribution < 1.29 is 19.1 Å². The van der Waals surface area contributed by atoms with Gasteiger partial charge in [0.1, 0.15) is 12.2 Å². The Morgan fingerprint density at radius 1 is 1.22 bits per heavy atom. The highest BCUT2D eigenvalue weighted by atomic mass is 35.5. The van der Waals surface area contributed by atoms with E-state index in [0.29, 0.717) is 5.75 Å². The SMILES string of the molecule is CCOC(=O)CC(=O)c1c(Cl)cc(OC)cc1Cl. The molecule has 4 nitrogen and oxygen atoms in total. The predicted molar refractivity (Wildman–Crippen MR) is 68.6 cm³/mol. The molecule has 0 spiro atoms. The lowest BCUT2D eigenvalue weighted by atomic mass is 10.1. The Kier molecular flexibility index (Phi) is 5.44.